The molecule has 0 bridgehead atoms. The lowest BCUT2D eigenvalue weighted by Gasteiger charge is -2.32. The Balaban J connectivity index is 2.74. The number of hydrogen-bond donors (Lipinski definition) is 0. The molecule has 1 saturated heterocycles. The van der Waals surface area contributed by atoms with Crippen molar-refractivity contribution in [1.82, 2.24) is 4.81 Å². The van der Waals surface area contributed by atoms with Crippen molar-refractivity contribution in [3.63, 3.8) is 0 Å². The molecule has 0 aromatic rings. The fourth-order valence-electron chi connectivity index (χ4n) is 1.02. The molecule has 0 unspecified atom stereocenters. The standard InChI is InChI=1S/C8H18BNO2/c1-7(2)8(3,4)12-9(11-7)10(5)6/h1-6H3. The lowest BCUT2D eigenvalue weighted by molar-refractivity contribution is 0.00578. The van der Waals surface area contributed by atoms with Crippen LogP contribution in [0.15, 0.2) is 0 Å². The maximum absolute atomic E-state index is 5.73. The molecule has 1 rings (SSSR count). The topological polar surface area (TPSA) is 21.7 Å². The Bertz CT molecular complexity index is 164. The summed E-state index contributed by atoms with van der Waals surface area (Å²) in [6, 6.07) is 0. The van der Waals surface area contributed by atoms with Crippen molar-refractivity contribution in [1.29, 1.82) is 0 Å². The largest absolute Gasteiger partial charge is 0.558 e. The molecule has 1 heterocycles. The number of nitrogens with zero attached hydrogens (tertiary/aromatic N) is 1. The predicted molar refractivity (Wildman–Crippen MR) is 49.8 cm³/mol. The van der Waals surface area contributed by atoms with Crippen molar-refractivity contribution >= 4 is 7.25 Å². The van der Waals surface area contributed by atoms with E-state index in [4.69, 9.17) is 9.31 Å². The molecule has 4 heteroatoms. The monoisotopic (exact) mass is 171 g/mol. The molecule has 1 aliphatic heterocycles. The highest BCUT2D eigenvalue weighted by atomic mass is 16.7. The third-order valence-corrected chi connectivity index (χ3v) is 2.66. The van der Waals surface area contributed by atoms with Crippen molar-refractivity contribution in [2.45, 2.75) is 38.9 Å². The first-order valence-electron chi connectivity index (χ1n) is 4.28. The Hall–Kier alpha value is -0.0551. The second-order valence-electron chi connectivity index (χ2n) is 4.53. The quantitative estimate of drug-likeness (QED) is 0.552. The van der Waals surface area contributed by atoms with Crippen LogP contribution in [-0.4, -0.2) is 37.4 Å². The van der Waals surface area contributed by atoms with E-state index < -0.39 is 0 Å². The van der Waals surface area contributed by atoms with Crippen molar-refractivity contribution in [3.8, 4) is 0 Å². The first-order valence-corrected chi connectivity index (χ1v) is 4.28. The summed E-state index contributed by atoms with van der Waals surface area (Å²) in [7, 11) is 3.68. The third-order valence-electron chi connectivity index (χ3n) is 2.66. The smallest absolute Gasteiger partial charge is 0.389 e. The molecule has 0 N–H and O–H groups in total. The van der Waals surface area contributed by atoms with Crippen LogP contribution in [0.5, 0.6) is 0 Å². The lowest BCUT2D eigenvalue weighted by Crippen LogP contribution is -2.41. The van der Waals surface area contributed by atoms with Gasteiger partial charge in [-0.25, -0.2) is 0 Å². The zero-order valence-electron chi connectivity index (χ0n) is 8.84. The second kappa shape index (κ2) is 2.72. The van der Waals surface area contributed by atoms with Gasteiger partial charge in [-0.2, -0.15) is 0 Å². The van der Waals surface area contributed by atoms with E-state index >= 15 is 0 Å². The molecule has 12 heavy (non-hydrogen) atoms. The second-order valence-corrected chi connectivity index (χ2v) is 4.53. The molecule has 3 nitrogen and oxygen atoms in total. The maximum Gasteiger partial charge on any atom is 0.558 e. The molecule has 1 fully saturated rings. The van der Waals surface area contributed by atoms with Gasteiger partial charge in [-0.05, 0) is 41.8 Å². The van der Waals surface area contributed by atoms with Crippen LogP contribution in [0.2, 0.25) is 0 Å². The van der Waals surface area contributed by atoms with Gasteiger partial charge in [-0.15, -0.1) is 0 Å². The minimum Gasteiger partial charge on any atom is -0.389 e. The summed E-state index contributed by atoms with van der Waals surface area (Å²) >= 11 is 0. The first kappa shape index (κ1) is 10.0. The van der Waals surface area contributed by atoms with E-state index in [1.165, 1.54) is 0 Å². The van der Waals surface area contributed by atoms with Crippen molar-refractivity contribution in [2.24, 2.45) is 0 Å². The average molecular weight is 171 g/mol. The molecule has 0 spiro atoms. The van der Waals surface area contributed by atoms with Crippen LogP contribution < -0.4 is 0 Å². The van der Waals surface area contributed by atoms with Gasteiger partial charge in [-0.3, -0.25) is 4.81 Å². The number of hydrogen-bond acceptors (Lipinski definition) is 3. The van der Waals surface area contributed by atoms with E-state index in [1.54, 1.807) is 0 Å². The van der Waals surface area contributed by atoms with E-state index in [0.29, 0.717) is 0 Å². The van der Waals surface area contributed by atoms with Crippen LogP contribution in [0.25, 0.3) is 0 Å². The van der Waals surface area contributed by atoms with Crippen LogP contribution in [-0.2, 0) is 9.31 Å². The normalized spacial score (nSPS) is 26.8. The highest BCUT2D eigenvalue weighted by Gasteiger charge is 2.52. The molecule has 0 aliphatic carbocycles. The van der Waals surface area contributed by atoms with Crippen LogP contribution in [0.3, 0.4) is 0 Å². The van der Waals surface area contributed by atoms with Gasteiger partial charge in [-0.1, -0.05) is 0 Å². The van der Waals surface area contributed by atoms with E-state index in [0.717, 1.165) is 0 Å². The fourth-order valence-corrected chi connectivity index (χ4v) is 1.02. The van der Waals surface area contributed by atoms with Crippen LogP contribution in [0.4, 0.5) is 0 Å². The van der Waals surface area contributed by atoms with Gasteiger partial charge in [0.1, 0.15) is 0 Å². The molecule has 0 atom stereocenters. The fraction of sp³-hybridized carbons (Fsp3) is 1.00. The summed E-state index contributed by atoms with van der Waals surface area (Å²) in [4.78, 5) is 1.93. The molecule has 0 saturated carbocycles. The molecular formula is C8H18BNO2. The van der Waals surface area contributed by atoms with Crippen molar-refractivity contribution in [2.75, 3.05) is 14.1 Å². The molecule has 0 aromatic heterocycles. The summed E-state index contributed by atoms with van der Waals surface area (Å²) in [6.45, 7) is 8.21. The summed E-state index contributed by atoms with van der Waals surface area (Å²) in [5.41, 5.74) is -0.441. The average Bonchev–Trinajstić information content (AvgIpc) is 2.03. The summed E-state index contributed by atoms with van der Waals surface area (Å²) in [5.74, 6) is 0. The van der Waals surface area contributed by atoms with Crippen molar-refractivity contribution < 1.29 is 9.31 Å². The molecule has 70 valence electrons. The summed E-state index contributed by atoms with van der Waals surface area (Å²) < 4.78 is 11.5. The van der Waals surface area contributed by atoms with Gasteiger partial charge < -0.3 is 9.31 Å². The minimum absolute atomic E-state index is 0.213. The summed E-state index contributed by atoms with van der Waals surface area (Å²) in [6.07, 6.45) is 0. The Morgan fingerprint density at radius 1 is 0.917 bits per heavy atom. The predicted octanol–water partition coefficient (Wildman–Crippen LogP) is 1.14. The van der Waals surface area contributed by atoms with Gasteiger partial charge in [0.05, 0.1) is 11.2 Å². The zero-order valence-corrected chi connectivity index (χ0v) is 8.84. The maximum atomic E-state index is 5.73. The Morgan fingerprint density at radius 2 is 1.25 bits per heavy atom. The van der Waals surface area contributed by atoms with Gasteiger partial charge in [0, 0.05) is 0 Å². The van der Waals surface area contributed by atoms with Crippen LogP contribution in [0.1, 0.15) is 27.7 Å². The van der Waals surface area contributed by atoms with E-state index in [2.05, 4.69) is 27.7 Å². The highest BCUT2D eigenvalue weighted by molar-refractivity contribution is 6.41. The number of rotatable bonds is 1. The van der Waals surface area contributed by atoms with Crippen LogP contribution >= 0.6 is 0 Å². The zero-order chi connectivity index (χ0) is 9.57. The van der Waals surface area contributed by atoms with Gasteiger partial charge in [0.15, 0.2) is 0 Å². The molecule has 1 aliphatic rings. The lowest BCUT2D eigenvalue weighted by atomic mass is 9.90. The summed E-state index contributed by atoms with van der Waals surface area (Å²) in [5, 5.41) is 0. The van der Waals surface area contributed by atoms with Gasteiger partial charge >= 0.3 is 7.25 Å². The SMILES string of the molecule is CN(C)B1OC(C)(C)C(C)(C)O1. The molecule has 0 amide bonds. The van der Waals surface area contributed by atoms with Gasteiger partial charge in [0.25, 0.3) is 0 Å². The molecule has 0 radical (unpaired) electrons. The van der Waals surface area contributed by atoms with Crippen LogP contribution in [0, 0.1) is 0 Å². The highest BCUT2D eigenvalue weighted by Crippen LogP contribution is 2.36. The Morgan fingerprint density at radius 3 is 1.42 bits per heavy atom. The van der Waals surface area contributed by atoms with Crippen molar-refractivity contribution in [3.05, 3.63) is 0 Å². The van der Waals surface area contributed by atoms with E-state index in [9.17, 15) is 0 Å². The minimum atomic E-state index is -0.220. The Kier molecular flexibility index (Phi) is 2.27. The Labute approximate surface area is 75.2 Å². The molecular weight excluding hydrogens is 153 g/mol. The third kappa shape index (κ3) is 1.51. The van der Waals surface area contributed by atoms with Gasteiger partial charge in [0.2, 0.25) is 0 Å². The first-order chi connectivity index (χ1) is 5.26. The molecule has 0 aromatic carbocycles. The van der Waals surface area contributed by atoms with E-state index in [-0.39, 0.29) is 18.5 Å². The van der Waals surface area contributed by atoms with E-state index in [1.807, 2.05) is 18.9 Å².